The van der Waals surface area contributed by atoms with Crippen molar-refractivity contribution < 1.29 is 14.3 Å². The first kappa shape index (κ1) is 22.1. The quantitative estimate of drug-likeness (QED) is 0.504. The molecule has 0 amide bonds. The van der Waals surface area contributed by atoms with E-state index in [1.54, 1.807) is 12.1 Å². The second kappa shape index (κ2) is 9.91. The molecule has 7 heteroatoms. The number of benzene rings is 1. The van der Waals surface area contributed by atoms with Crippen molar-refractivity contribution in [2.24, 2.45) is 4.99 Å². The Labute approximate surface area is 179 Å². The molecule has 3 aromatic rings. The second-order valence-corrected chi connectivity index (χ2v) is 8.45. The van der Waals surface area contributed by atoms with Gasteiger partial charge in [-0.1, -0.05) is 18.6 Å². The topological polar surface area (TPSA) is 74.6 Å². The lowest BCUT2D eigenvalue weighted by Crippen LogP contribution is -2.21. The number of carboxylic acid groups (broad SMARTS) is 1. The first-order valence-corrected chi connectivity index (χ1v) is 10.8. The monoisotopic (exact) mass is 427 g/mol. The number of hydrogen-bond acceptors (Lipinski definition) is 5. The predicted molar refractivity (Wildman–Crippen MR) is 122 cm³/mol. The summed E-state index contributed by atoms with van der Waals surface area (Å²) >= 11 is 1.11. The minimum absolute atomic E-state index is 0.160. The number of rotatable bonds is 3. The summed E-state index contributed by atoms with van der Waals surface area (Å²) in [7, 11) is 0. The van der Waals surface area contributed by atoms with Crippen LogP contribution in [0, 0.1) is 12.7 Å². The number of pyridine rings is 1. The Hall–Kier alpha value is -2.64. The number of aliphatic imine (C=N–C) groups is 1. The van der Waals surface area contributed by atoms with E-state index in [0.29, 0.717) is 15.9 Å². The number of carbonyl (C=O) groups is 1. The highest BCUT2D eigenvalue weighted by Gasteiger charge is 2.22. The molecule has 4 rings (SSSR count). The summed E-state index contributed by atoms with van der Waals surface area (Å²) in [5, 5.41) is 13.5. The van der Waals surface area contributed by atoms with E-state index >= 15 is 0 Å². The minimum atomic E-state index is -1.03. The SMILES string of the molecule is C1CCNCC1.CC(C)=Nc1c(C(=O)O)sc2nc(C)cc(-c3ccc(F)cc3)c12. The van der Waals surface area contributed by atoms with Gasteiger partial charge in [0.2, 0.25) is 0 Å². The number of aryl methyl sites for hydroxylation is 1. The summed E-state index contributed by atoms with van der Waals surface area (Å²) in [6, 6.07) is 7.99. The summed E-state index contributed by atoms with van der Waals surface area (Å²) in [6.45, 7) is 7.98. The van der Waals surface area contributed by atoms with Crippen LogP contribution in [-0.2, 0) is 0 Å². The Morgan fingerprint density at radius 1 is 1.17 bits per heavy atom. The minimum Gasteiger partial charge on any atom is -0.477 e. The zero-order chi connectivity index (χ0) is 21.7. The van der Waals surface area contributed by atoms with Crippen molar-refractivity contribution in [1.82, 2.24) is 10.3 Å². The number of aromatic carboxylic acids is 1. The molecule has 0 bridgehead atoms. The van der Waals surface area contributed by atoms with Gasteiger partial charge in [-0.2, -0.15) is 0 Å². The summed E-state index contributed by atoms with van der Waals surface area (Å²) in [5.41, 5.74) is 3.54. The third kappa shape index (κ3) is 5.29. The Bertz CT molecular complexity index is 1050. The van der Waals surface area contributed by atoms with E-state index in [4.69, 9.17) is 0 Å². The largest absolute Gasteiger partial charge is 0.477 e. The molecule has 0 spiro atoms. The number of nitrogens with zero attached hydrogens (tertiary/aromatic N) is 2. The van der Waals surface area contributed by atoms with Crippen LogP contribution in [0.1, 0.15) is 48.5 Å². The van der Waals surface area contributed by atoms with Gasteiger partial charge in [0.25, 0.3) is 0 Å². The van der Waals surface area contributed by atoms with Gasteiger partial charge >= 0.3 is 5.97 Å². The van der Waals surface area contributed by atoms with E-state index in [-0.39, 0.29) is 10.7 Å². The van der Waals surface area contributed by atoms with Crippen LogP contribution in [0.4, 0.5) is 10.1 Å². The van der Waals surface area contributed by atoms with Crippen LogP contribution in [-0.4, -0.2) is 34.9 Å². The average Bonchev–Trinajstić information content (AvgIpc) is 3.07. The molecule has 3 heterocycles. The van der Waals surface area contributed by atoms with Crippen molar-refractivity contribution in [3.63, 3.8) is 0 Å². The summed E-state index contributed by atoms with van der Waals surface area (Å²) < 4.78 is 13.2. The molecule has 0 radical (unpaired) electrons. The number of fused-ring (bicyclic) bond motifs is 1. The summed E-state index contributed by atoms with van der Waals surface area (Å²) in [4.78, 5) is 21.3. The maximum Gasteiger partial charge on any atom is 0.348 e. The van der Waals surface area contributed by atoms with Crippen LogP contribution in [0.15, 0.2) is 35.3 Å². The molecule has 1 aromatic carbocycles. The normalized spacial score (nSPS) is 13.5. The highest BCUT2D eigenvalue weighted by atomic mass is 32.1. The molecule has 0 unspecified atom stereocenters. The molecule has 30 heavy (non-hydrogen) atoms. The molecule has 158 valence electrons. The molecule has 0 atom stereocenters. The predicted octanol–water partition coefficient (Wildman–Crippen LogP) is 5.98. The molecule has 0 aliphatic carbocycles. The van der Waals surface area contributed by atoms with Crippen molar-refractivity contribution in [3.05, 3.63) is 46.7 Å². The molecular weight excluding hydrogens is 401 g/mol. The number of nitrogens with one attached hydrogen (secondary N) is 1. The van der Waals surface area contributed by atoms with E-state index in [1.165, 1.54) is 44.5 Å². The zero-order valence-corrected chi connectivity index (χ0v) is 18.3. The lowest BCUT2D eigenvalue weighted by Gasteiger charge is -2.08. The van der Waals surface area contributed by atoms with Gasteiger partial charge in [0.1, 0.15) is 15.5 Å². The van der Waals surface area contributed by atoms with Crippen molar-refractivity contribution in [1.29, 1.82) is 0 Å². The van der Waals surface area contributed by atoms with Gasteiger partial charge in [-0.05, 0) is 76.0 Å². The molecular formula is C23H26FN3O2S. The fourth-order valence-electron chi connectivity index (χ4n) is 3.34. The third-order valence-corrected chi connectivity index (χ3v) is 5.72. The average molecular weight is 428 g/mol. The molecule has 1 saturated heterocycles. The highest BCUT2D eigenvalue weighted by molar-refractivity contribution is 7.21. The Morgan fingerprint density at radius 3 is 2.33 bits per heavy atom. The maximum atomic E-state index is 13.2. The van der Waals surface area contributed by atoms with E-state index in [1.807, 2.05) is 26.8 Å². The van der Waals surface area contributed by atoms with Crippen LogP contribution in [0.25, 0.3) is 21.3 Å². The third-order valence-electron chi connectivity index (χ3n) is 4.66. The highest BCUT2D eigenvalue weighted by Crippen LogP contribution is 2.43. The summed E-state index contributed by atoms with van der Waals surface area (Å²) in [6.07, 6.45) is 4.22. The lowest BCUT2D eigenvalue weighted by atomic mass is 10.0. The lowest BCUT2D eigenvalue weighted by molar-refractivity contribution is 0.0703. The van der Waals surface area contributed by atoms with Crippen LogP contribution in [0.2, 0.25) is 0 Å². The van der Waals surface area contributed by atoms with Crippen molar-refractivity contribution in [3.8, 4) is 11.1 Å². The number of piperidine rings is 1. The van der Waals surface area contributed by atoms with Gasteiger partial charge in [-0.25, -0.2) is 14.2 Å². The molecule has 1 aliphatic rings. The number of halogens is 1. The fourth-order valence-corrected chi connectivity index (χ4v) is 4.36. The first-order valence-electron chi connectivity index (χ1n) is 10.0. The second-order valence-electron chi connectivity index (χ2n) is 7.45. The van der Waals surface area contributed by atoms with Crippen molar-refractivity contribution in [2.45, 2.75) is 40.0 Å². The molecule has 0 saturated carbocycles. The van der Waals surface area contributed by atoms with Crippen molar-refractivity contribution in [2.75, 3.05) is 13.1 Å². The number of hydrogen-bond donors (Lipinski definition) is 2. The van der Waals surface area contributed by atoms with Crippen LogP contribution >= 0.6 is 11.3 Å². The van der Waals surface area contributed by atoms with Gasteiger partial charge in [-0.3, -0.25) is 4.99 Å². The summed E-state index contributed by atoms with van der Waals surface area (Å²) in [5.74, 6) is -1.35. The molecule has 1 aliphatic heterocycles. The van der Waals surface area contributed by atoms with Crippen LogP contribution in [0.5, 0.6) is 0 Å². The molecule has 5 nitrogen and oxygen atoms in total. The molecule has 1 fully saturated rings. The van der Waals surface area contributed by atoms with Crippen LogP contribution in [0.3, 0.4) is 0 Å². The Morgan fingerprint density at radius 2 is 1.83 bits per heavy atom. The van der Waals surface area contributed by atoms with E-state index in [9.17, 15) is 14.3 Å². The molecule has 2 N–H and O–H groups in total. The fraction of sp³-hybridized carbons (Fsp3) is 0.348. The maximum absolute atomic E-state index is 13.2. The van der Waals surface area contributed by atoms with Gasteiger partial charge in [0, 0.05) is 16.8 Å². The van der Waals surface area contributed by atoms with Gasteiger partial charge in [-0.15, -0.1) is 11.3 Å². The molecule has 2 aromatic heterocycles. The van der Waals surface area contributed by atoms with Gasteiger partial charge in [0.05, 0.1) is 5.69 Å². The number of carboxylic acids is 1. The van der Waals surface area contributed by atoms with Gasteiger partial charge in [0.15, 0.2) is 0 Å². The smallest absolute Gasteiger partial charge is 0.348 e. The van der Waals surface area contributed by atoms with E-state index in [2.05, 4.69) is 15.3 Å². The zero-order valence-electron chi connectivity index (χ0n) is 17.5. The first-order chi connectivity index (χ1) is 14.4. The number of aromatic nitrogens is 1. The Kier molecular flexibility index (Phi) is 7.29. The number of thiophene rings is 1. The van der Waals surface area contributed by atoms with E-state index < -0.39 is 5.97 Å². The van der Waals surface area contributed by atoms with Crippen molar-refractivity contribution >= 4 is 38.9 Å². The van der Waals surface area contributed by atoms with E-state index in [0.717, 1.165) is 33.9 Å². The standard InChI is InChI=1S/C18H15FN2O2S.C5H11N/c1-9(2)20-15-14-13(11-4-6-12(19)7-5-11)8-10(3)21-17(14)24-16(15)18(22)23;1-2-4-6-5-3-1/h4-8H,1-3H3,(H,22,23);6H,1-5H2. The Balaban J connectivity index is 0.000000367. The van der Waals surface area contributed by atoms with Gasteiger partial charge < -0.3 is 10.4 Å². The van der Waals surface area contributed by atoms with Crippen LogP contribution < -0.4 is 5.32 Å².